The summed E-state index contributed by atoms with van der Waals surface area (Å²) in [4.78, 5) is 29.6. The van der Waals surface area contributed by atoms with Crippen molar-refractivity contribution in [2.75, 3.05) is 26.2 Å². The summed E-state index contributed by atoms with van der Waals surface area (Å²) in [5, 5.41) is 0. The fraction of sp³-hybridized carbons (Fsp3) is 0.652. The van der Waals surface area contributed by atoms with Crippen LogP contribution >= 0.6 is 0 Å². The Labute approximate surface area is 163 Å². The van der Waals surface area contributed by atoms with E-state index in [1.165, 1.54) is 5.56 Å². The van der Waals surface area contributed by atoms with Crippen molar-refractivity contribution < 1.29 is 9.59 Å². The van der Waals surface area contributed by atoms with Crippen LogP contribution in [0.15, 0.2) is 30.3 Å². The number of amides is 2. The molecule has 2 heterocycles. The molecule has 0 bridgehead atoms. The number of piperidine rings is 1. The highest BCUT2D eigenvalue weighted by atomic mass is 16.2. The van der Waals surface area contributed by atoms with Gasteiger partial charge in [-0.3, -0.25) is 9.59 Å². The third-order valence-corrected chi connectivity index (χ3v) is 6.71. The Bertz CT molecular complexity index is 637. The molecule has 2 fully saturated rings. The average molecular weight is 371 g/mol. The van der Waals surface area contributed by atoms with Crippen molar-refractivity contribution in [2.24, 2.45) is 11.3 Å². The van der Waals surface area contributed by atoms with Crippen molar-refractivity contribution in [2.45, 2.75) is 58.8 Å². The molecule has 27 heavy (non-hydrogen) atoms. The average Bonchev–Trinajstić information content (AvgIpc) is 2.86. The quantitative estimate of drug-likeness (QED) is 0.789. The van der Waals surface area contributed by atoms with Crippen LogP contribution in [0.25, 0.3) is 0 Å². The lowest BCUT2D eigenvalue weighted by Gasteiger charge is -2.43. The fourth-order valence-corrected chi connectivity index (χ4v) is 4.86. The molecule has 4 heteroatoms. The summed E-state index contributed by atoms with van der Waals surface area (Å²) in [5.74, 6) is 0.981. The first-order chi connectivity index (χ1) is 13.0. The number of rotatable bonds is 5. The van der Waals surface area contributed by atoms with E-state index in [-0.39, 0.29) is 11.3 Å². The molecular formula is C23H34N2O2. The summed E-state index contributed by atoms with van der Waals surface area (Å²) >= 11 is 0. The highest BCUT2D eigenvalue weighted by molar-refractivity contribution is 5.83. The van der Waals surface area contributed by atoms with Gasteiger partial charge in [0.15, 0.2) is 0 Å². The molecule has 1 aromatic rings. The molecule has 2 amide bonds. The SMILES string of the molecule is CCC(=O)N1CCC([C@]2(C)CCCCN(CCc3ccccc3)C2=O)CC1. The Kier molecular flexibility index (Phi) is 6.56. The Balaban J connectivity index is 1.65. The zero-order valence-corrected chi connectivity index (χ0v) is 17.0. The van der Waals surface area contributed by atoms with Crippen molar-refractivity contribution in [1.82, 2.24) is 9.80 Å². The van der Waals surface area contributed by atoms with Gasteiger partial charge in [0.1, 0.15) is 0 Å². The van der Waals surface area contributed by atoms with Gasteiger partial charge in [-0.25, -0.2) is 0 Å². The minimum absolute atomic E-state index is 0.246. The summed E-state index contributed by atoms with van der Waals surface area (Å²) in [7, 11) is 0. The Morgan fingerprint density at radius 3 is 2.48 bits per heavy atom. The van der Waals surface area contributed by atoms with Crippen LogP contribution in [-0.4, -0.2) is 47.8 Å². The second kappa shape index (κ2) is 8.90. The molecule has 0 saturated carbocycles. The topological polar surface area (TPSA) is 40.6 Å². The smallest absolute Gasteiger partial charge is 0.228 e. The van der Waals surface area contributed by atoms with Crippen LogP contribution in [-0.2, 0) is 16.0 Å². The number of carbonyl (C=O) groups excluding carboxylic acids is 2. The van der Waals surface area contributed by atoms with Crippen molar-refractivity contribution in [1.29, 1.82) is 0 Å². The fourth-order valence-electron chi connectivity index (χ4n) is 4.86. The van der Waals surface area contributed by atoms with E-state index in [2.05, 4.69) is 36.1 Å². The van der Waals surface area contributed by atoms with Crippen LogP contribution in [0.4, 0.5) is 0 Å². The molecule has 2 saturated heterocycles. The normalized spacial score (nSPS) is 24.7. The predicted molar refractivity (Wildman–Crippen MR) is 108 cm³/mol. The monoisotopic (exact) mass is 370 g/mol. The lowest BCUT2D eigenvalue weighted by Crippen LogP contribution is -2.49. The third-order valence-electron chi connectivity index (χ3n) is 6.71. The summed E-state index contributed by atoms with van der Waals surface area (Å²) in [5.41, 5.74) is 1.02. The van der Waals surface area contributed by atoms with Crippen LogP contribution in [0.5, 0.6) is 0 Å². The van der Waals surface area contributed by atoms with Crippen molar-refractivity contribution in [3.63, 3.8) is 0 Å². The molecule has 148 valence electrons. The molecule has 0 unspecified atom stereocenters. The van der Waals surface area contributed by atoms with Gasteiger partial charge in [0.25, 0.3) is 0 Å². The predicted octanol–water partition coefficient (Wildman–Crippen LogP) is 3.90. The minimum atomic E-state index is -0.269. The first-order valence-electron chi connectivity index (χ1n) is 10.7. The molecule has 1 atom stereocenters. The molecule has 2 aliphatic rings. The molecule has 0 radical (unpaired) electrons. The first kappa shape index (κ1) is 19.9. The number of likely N-dealkylation sites (tertiary alicyclic amines) is 2. The maximum absolute atomic E-state index is 13.5. The second-order valence-electron chi connectivity index (χ2n) is 8.41. The Morgan fingerprint density at radius 1 is 1.11 bits per heavy atom. The van der Waals surface area contributed by atoms with Gasteiger partial charge in [-0.2, -0.15) is 0 Å². The molecule has 0 N–H and O–H groups in total. The molecular weight excluding hydrogens is 336 g/mol. The highest BCUT2D eigenvalue weighted by Crippen LogP contribution is 2.42. The van der Waals surface area contributed by atoms with E-state index in [4.69, 9.17) is 0 Å². The van der Waals surface area contributed by atoms with E-state index < -0.39 is 0 Å². The zero-order valence-electron chi connectivity index (χ0n) is 17.0. The van der Waals surface area contributed by atoms with Gasteiger partial charge in [0.2, 0.25) is 11.8 Å². The van der Waals surface area contributed by atoms with E-state index in [1.807, 2.05) is 17.9 Å². The van der Waals surface area contributed by atoms with E-state index in [9.17, 15) is 9.59 Å². The number of hydrogen-bond acceptors (Lipinski definition) is 2. The van der Waals surface area contributed by atoms with Gasteiger partial charge in [0.05, 0.1) is 0 Å². The largest absolute Gasteiger partial charge is 0.343 e. The van der Waals surface area contributed by atoms with Crippen molar-refractivity contribution in [3.05, 3.63) is 35.9 Å². The first-order valence-corrected chi connectivity index (χ1v) is 10.7. The number of hydrogen-bond donors (Lipinski definition) is 0. The molecule has 0 aliphatic carbocycles. The number of carbonyl (C=O) groups is 2. The summed E-state index contributed by atoms with van der Waals surface area (Å²) in [6.45, 7) is 7.43. The van der Waals surface area contributed by atoms with Gasteiger partial charge >= 0.3 is 0 Å². The van der Waals surface area contributed by atoms with Crippen molar-refractivity contribution >= 4 is 11.8 Å². The summed E-state index contributed by atoms with van der Waals surface area (Å²) in [6, 6.07) is 10.4. The maximum Gasteiger partial charge on any atom is 0.228 e. The van der Waals surface area contributed by atoms with Crippen molar-refractivity contribution in [3.8, 4) is 0 Å². The molecule has 4 nitrogen and oxygen atoms in total. The van der Waals surface area contributed by atoms with E-state index >= 15 is 0 Å². The molecule has 0 aromatic heterocycles. The van der Waals surface area contributed by atoms with Crippen LogP contribution in [0.2, 0.25) is 0 Å². The van der Waals surface area contributed by atoms with Crippen LogP contribution in [0.3, 0.4) is 0 Å². The van der Waals surface area contributed by atoms with E-state index in [1.54, 1.807) is 0 Å². The Morgan fingerprint density at radius 2 is 1.81 bits per heavy atom. The van der Waals surface area contributed by atoms with Gasteiger partial charge in [-0.1, -0.05) is 50.6 Å². The lowest BCUT2D eigenvalue weighted by molar-refractivity contribution is -0.145. The van der Waals surface area contributed by atoms with Gasteiger partial charge in [-0.15, -0.1) is 0 Å². The summed E-state index contributed by atoms with van der Waals surface area (Å²) in [6.07, 6.45) is 6.63. The highest BCUT2D eigenvalue weighted by Gasteiger charge is 2.45. The van der Waals surface area contributed by atoms with Gasteiger partial charge in [-0.05, 0) is 43.6 Å². The number of benzene rings is 1. The molecule has 0 spiro atoms. The number of nitrogens with zero attached hydrogens (tertiary/aromatic N) is 2. The second-order valence-corrected chi connectivity index (χ2v) is 8.41. The van der Waals surface area contributed by atoms with E-state index in [0.717, 1.165) is 64.7 Å². The van der Waals surface area contributed by atoms with Gasteiger partial charge < -0.3 is 9.80 Å². The van der Waals surface area contributed by atoms with E-state index in [0.29, 0.717) is 18.2 Å². The maximum atomic E-state index is 13.5. The van der Waals surface area contributed by atoms with Gasteiger partial charge in [0, 0.05) is 38.0 Å². The molecule has 1 aromatic carbocycles. The minimum Gasteiger partial charge on any atom is -0.343 e. The van der Waals surface area contributed by atoms with Crippen LogP contribution < -0.4 is 0 Å². The molecule has 2 aliphatic heterocycles. The zero-order chi connectivity index (χ0) is 19.3. The van der Waals surface area contributed by atoms with Crippen LogP contribution in [0.1, 0.15) is 57.9 Å². The third kappa shape index (κ3) is 4.53. The van der Waals surface area contributed by atoms with Crippen LogP contribution in [0, 0.1) is 11.3 Å². The molecule has 3 rings (SSSR count). The lowest BCUT2D eigenvalue weighted by atomic mass is 9.69. The Hall–Kier alpha value is -1.84. The summed E-state index contributed by atoms with van der Waals surface area (Å²) < 4.78 is 0. The standard InChI is InChI=1S/C23H34N2O2/c1-3-21(26)24-17-12-20(13-18-24)23(2)14-7-8-15-25(22(23)27)16-11-19-9-5-4-6-10-19/h4-6,9-10,20H,3,7-8,11-18H2,1-2H3/t23-/m0/s1.